The summed E-state index contributed by atoms with van der Waals surface area (Å²) in [7, 11) is 0. The van der Waals surface area contributed by atoms with Crippen molar-refractivity contribution in [2.24, 2.45) is 5.41 Å². The molecule has 6 nitrogen and oxygen atoms in total. The quantitative estimate of drug-likeness (QED) is 0.137. The maximum atomic E-state index is 11.8. The fourth-order valence-corrected chi connectivity index (χ4v) is 5.26. The van der Waals surface area contributed by atoms with Crippen LogP contribution < -0.4 is 34.3 Å². The van der Waals surface area contributed by atoms with Crippen LogP contribution in [0.2, 0.25) is 0 Å². The van der Waals surface area contributed by atoms with Crippen LogP contribution in [0.4, 0.5) is 0 Å². The van der Waals surface area contributed by atoms with Gasteiger partial charge in [-0.3, -0.25) is 9.59 Å². The number of aliphatic hydroxyl groups is 1. The number of carboxylic acid groups (broad SMARTS) is 1. The molecule has 2 aromatic carbocycles. The normalized spacial score (nSPS) is 12.1. The molecule has 1 atom stereocenters. The topological polar surface area (TPSA) is 104 Å². The van der Waals surface area contributed by atoms with Crippen LogP contribution in [0.15, 0.2) is 35.2 Å². The van der Waals surface area contributed by atoms with Crippen molar-refractivity contribution in [1.82, 2.24) is 0 Å². The molecule has 0 aliphatic heterocycles. The number of benzene rings is 2. The fraction of sp³-hybridized carbons (Fsp3) is 0.517. The van der Waals surface area contributed by atoms with Crippen LogP contribution in [0.5, 0.6) is 11.5 Å². The number of carbonyl (C=O) groups excluding carboxylic acids is 1. The minimum atomic E-state index is -0.922. The third-order valence-corrected chi connectivity index (χ3v) is 7.39. The Balaban J connectivity index is 0.00000684. The zero-order valence-corrected chi connectivity index (χ0v) is 25.9. The summed E-state index contributed by atoms with van der Waals surface area (Å²) in [5.41, 5.74) is 2.14. The van der Waals surface area contributed by atoms with E-state index < -0.39 is 17.5 Å². The number of carbonyl (C=O) groups is 2. The summed E-state index contributed by atoms with van der Waals surface area (Å²) < 4.78 is 5.97. The number of phenolic OH excluding ortho intramolecular Hbond substituents is 1. The van der Waals surface area contributed by atoms with E-state index in [4.69, 9.17) is 4.74 Å². The van der Waals surface area contributed by atoms with Gasteiger partial charge in [-0.1, -0.05) is 52.7 Å². The maximum Gasteiger partial charge on any atom is 1.00 e. The zero-order valence-electron chi connectivity index (χ0n) is 24.1. The fourth-order valence-electron chi connectivity index (χ4n) is 4.26. The third kappa shape index (κ3) is 9.63. The van der Waals surface area contributed by atoms with E-state index in [1.807, 2.05) is 25.1 Å². The van der Waals surface area contributed by atoms with Crippen molar-refractivity contribution >= 4 is 23.5 Å². The van der Waals surface area contributed by atoms with E-state index in [2.05, 4.69) is 6.92 Å². The number of ether oxygens (including phenoxy) is 1. The molecule has 2 aromatic rings. The monoisotopic (exact) mass is 540 g/mol. The summed E-state index contributed by atoms with van der Waals surface area (Å²) in [6.45, 7) is 9.61. The maximum absolute atomic E-state index is 11.8. The number of aliphatic hydroxyl groups excluding tert-OH is 1. The number of thioether (sulfide) groups is 1. The first-order chi connectivity index (χ1) is 17.0. The summed E-state index contributed by atoms with van der Waals surface area (Å²) >= 11 is 1.73. The van der Waals surface area contributed by atoms with Crippen molar-refractivity contribution in [3.8, 4) is 11.5 Å². The molecule has 0 radical (unpaired) electrons. The number of hydrogen-bond donors (Lipinski definition) is 3. The molecule has 0 heterocycles. The number of aryl methyl sites for hydroxylation is 1. The van der Waals surface area contributed by atoms with E-state index in [0.29, 0.717) is 29.9 Å². The predicted molar refractivity (Wildman–Crippen MR) is 145 cm³/mol. The average molecular weight is 541 g/mol. The molecule has 0 amide bonds. The number of Topliss-reactive ketones (excluding diaryl/α,β-unsaturated/α-hetero) is 1. The van der Waals surface area contributed by atoms with Gasteiger partial charge in [-0.25, -0.2) is 0 Å². The Morgan fingerprint density at radius 2 is 1.78 bits per heavy atom. The van der Waals surface area contributed by atoms with Crippen molar-refractivity contribution < 1.29 is 60.6 Å². The molecule has 0 spiro atoms. The van der Waals surface area contributed by atoms with Gasteiger partial charge < -0.3 is 21.5 Å². The van der Waals surface area contributed by atoms with Crippen LogP contribution in [0.25, 0.3) is 0 Å². The summed E-state index contributed by atoms with van der Waals surface area (Å²) in [5, 5.41) is 30.5. The number of aliphatic carboxylic acids is 1. The van der Waals surface area contributed by atoms with Crippen molar-refractivity contribution in [1.29, 1.82) is 0 Å². The van der Waals surface area contributed by atoms with Crippen LogP contribution in [-0.4, -0.2) is 39.4 Å². The van der Waals surface area contributed by atoms with Gasteiger partial charge >= 0.3 is 35.5 Å². The molecular weight excluding hydrogens is 499 g/mol. The summed E-state index contributed by atoms with van der Waals surface area (Å²) in [6.07, 6.45) is 3.14. The van der Waals surface area contributed by atoms with Gasteiger partial charge in [-0.15, -0.1) is 11.8 Å². The Morgan fingerprint density at radius 3 is 2.38 bits per heavy atom. The Bertz CT molecular complexity index is 1060. The molecule has 0 aromatic heterocycles. The van der Waals surface area contributed by atoms with Crippen LogP contribution in [0, 0.1) is 5.41 Å². The second kappa shape index (κ2) is 15.8. The number of aromatic hydroxyl groups is 1. The number of hydrogen-bond acceptors (Lipinski definition) is 6. The molecule has 2 rings (SSSR count). The number of phenols is 1. The van der Waals surface area contributed by atoms with Crippen molar-refractivity contribution in [2.75, 3.05) is 12.4 Å². The van der Waals surface area contributed by atoms with Crippen molar-refractivity contribution in [3.05, 3.63) is 52.6 Å². The van der Waals surface area contributed by atoms with Crippen LogP contribution in [-0.2, 0) is 17.6 Å². The molecule has 1 unspecified atom stereocenters. The van der Waals surface area contributed by atoms with Gasteiger partial charge in [0.15, 0.2) is 5.78 Å². The van der Waals surface area contributed by atoms with E-state index in [0.717, 1.165) is 47.5 Å². The molecule has 0 aliphatic carbocycles. The van der Waals surface area contributed by atoms with Crippen LogP contribution in [0.3, 0.4) is 0 Å². The molecular formula is C29H41NaO6S. The number of ketones is 1. The van der Waals surface area contributed by atoms with Crippen molar-refractivity contribution in [3.63, 3.8) is 0 Å². The minimum Gasteiger partial charge on any atom is -1.00 e. The zero-order chi connectivity index (χ0) is 26.9. The van der Waals surface area contributed by atoms with Gasteiger partial charge in [-0.05, 0) is 55.5 Å². The molecule has 0 saturated carbocycles. The van der Waals surface area contributed by atoms with E-state index >= 15 is 0 Å². The van der Waals surface area contributed by atoms with E-state index in [1.165, 1.54) is 6.92 Å². The van der Waals surface area contributed by atoms with E-state index in [1.54, 1.807) is 37.7 Å². The minimum absolute atomic E-state index is 0. The van der Waals surface area contributed by atoms with Gasteiger partial charge in [0.25, 0.3) is 0 Å². The third-order valence-electron chi connectivity index (χ3n) is 6.19. The molecule has 8 heteroatoms. The van der Waals surface area contributed by atoms with E-state index in [-0.39, 0.29) is 48.9 Å². The van der Waals surface area contributed by atoms with Gasteiger partial charge in [0.1, 0.15) is 11.5 Å². The largest absolute Gasteiger partial charge is 1.00 e. The van der Waals surface area contributed by atoms with Gasteiger partial charge in [-0.2, -0.15) is 0 Å². The SMILES string of the molecule is CCCc1cc(C(O)C(C)(C)CC(=O)O)ccc1SCCCOc1ccc(C(C)=O)c(O)c1CCC.[H-].[Na+]. The van der Waals surface area contributed by atoms with Gasteiger partial charge in [0, 0.05) is 21.6 Å². The van der Waals surface area contributed by atoms with Crippen LogP contribution >= 0.6 is 11.8 Å². The molecule has 0 bridgehead atoms. The van der Waals surface area contributed by atoms with Crippen molar-refractivity contribution in [2.45, 2.75) is 84.1 Å². The molecule has 37 heavy (non-hydrogen) atoms. The molecule has 0 aliphatic rings. The first-order valence-corrected chi connectivity index (χ1v) is 13.6. The van der Waals surface area contributed by atoms with Gasteiger partial charge in [0.05, 0.1) is 24.7 Å². The number of carboxylic acids is 1. The molecule has 3 N–H and O–H groups in total. The molecule has 0 saturated heterocycles. The first-order valence-electron chi connectivity index (χ1n) is 12.7. The second-order valence-electron chi connectivity index (χ2n) is 9.87. The smallest absolute Gasteiger partial charge is 1.00 e. The summed E-state index contributed by atoms with van der Waals surface area (Å²) in [5.74, 6) is 0.394. The second-order valence-corrected chi connectivity index (χ2v) is 11.0. The standard InChI is InChI=1S/C29H40O6S.Na.H/c1-6-9-20-17-21(28(34)29(4,5)18-26(31)32)11-14-25(20)36-16-8-15-35-24-13-12-22(19(3)30)27(33)23(24)10-7-2;;/h11-14,17,28,33-34H,6-10,15-16,18H2,1-5H3,(H,31,32);;/q;+1;-1. The van der Waals surface area contributed by atoms with Gasteiger partial charge in [0.2, 0.25) is 0 Å². The average Bonchev–Trinajstić information content (AvgIpc) is 2.80. The summed E-state index contributed by atoms with van der Waals surface area (Å²) in [4.78, 5) is 24.1. The van der Waals surface area contributed by atoms with E-state index in [9.17, 15) is 24.9 Å². The predicted octanol–water partition coefficient (Wildman–Crippen LogP) is 3.71. The Kier molecular flexibility index (Phi) is 14.3. The number of rotatable bonds is 15. The van der Waals surface area contributed by atoms with Crippen LogP contribution in [0.1, 0.15) is 94.9 Å². The summed E-state index contributed by atoms with van der Waals surface area (Å²) in [6, 6.07) is 9.30. The first kappa shape index (κ1) is 33.5. The molecule has 0 fully saturated rings. The molecule has 200 valence electrons. The Morgan fingerprint density at radius 1 is 1.11 bits per heavy atom. The Labute approximate surface area is 249 Å². The Hall–Kier alpha value is -1.51.